The first-order chi connectivity index (χ1) is 8.81. The van der Waals surface area contributed by atoms with E-state index in [0.717, 1.165) is 71.4 Å². The predicted molar refractivity (Wildman–Crippen MR) is 65.8 cm³/mol. The van der Waals surface area contributed by atoms with Crippen molar-refractivity contribution in [3.8, 4) is 0 Å². The molecule has 0 aromatic heterocycles. The maximum Gasteiger partial charge on any atom is 0.171 e. The van der Waals surface area contributed by atoms with E-state index in [9.17, 15) is 4.79 Å². The highest BCUT2D eigenvalue weighted by Gasteiger charge is 2.41. The third kappa shape index (κ3) is 2.45. The maximum absolute atomic E-state index is 10.9. The number of ether oxygens (including phenoxy) is 2. The molecule has 3 heterocycles. The molecular weight excluding hydrogens is 232 g/mol. The van der Waals surface area contributed by atoms with Gasteiger partial charge in [-0.25, -0.2) is 10.0 Å². The van der Waals surface area contributed by atoms with E-state index in [1.807, 2.05) is 0 Å². The number of carbonyl (C=O) groups is 1. The molecule has 3 aliphatic rings. The van der Waals surface area contributed by atoms with Gasteiger partial charge in [0.15, 0.2) is 5.79 Å². The second-order valence-corrected chi connectivity index (χ2v) is 5.51. The average Bonchev–Trinajstić information content (AvgIpc) is 2.88. The topological polar surface area (TPSA) is 42.0 Å². The molecule has 18 heavy (non-hydrogen) atoms. The van der Waals surface area contributed by atoms with E-state index in [1.54, 1.807) is 0 Å². The lowest BCUT2D eigenvalue weighted by atomic mass is 10.00. The number of hydrogen-bond acceptors (Lipinski definition) is 5. The summed E-state index contributed by atoms with van der Waals surface area (Å²) in [5.41, 5.74) is 0. The van der Waals surface area contributed by atoms with E-state index in [1.165, 1.54) is 0 Å². The fraction of sp³-hybridized carbons (Fsp3) is 0.923. The number of aldehydes is 1. The Hall–Kier alpha value is -0.490. The van der Waals surface area contributed by atoms with Gasteiger partial charge in [0, 0.05) is 44.9 Å². The molecule has 1 unspecified atom stereocenters. The van der Waals surface area contributed by atoms with E-state index in [2.05, 4.69) is 10.0 Å². The molecule has 3 rings (SSSR count). The Labute approximate surface area is 108 Å². The normalized spacial score (nSPS) is 33.9. The molecule has 3 saturated heterocycles. The lowest BCUT2D eigenvalue weighted by molar-refractivity contribution is -0.208. The second kappa shape index (κ2) is 5.25. The van der Waals surface area contributed by atoms with Crippen molar-refractivity contribution in [1.29, 1.82) is 0 Å². The molecule has 0 aromatic carbocycles. The number of hydrogen-bond donors (Lipinski definition) is 0. The predicted octanol–water partition coefficient (Wildman–Crippen LogP) is 0.651. The smallest absolute Gasteiger partial charge is 0.171 e. The van der Waals surface area contributed by atoms with Gasteiger partial charge >= 0.3 is 0 Å². The summed E-state index contributed by atoms with van der Waals surface area (Å²) in [6, 6.07) is 0. The molecule has 3 aliphatic heterocycles. The van der Waals surface area contributed by atoms with Crippen LogP contribution in [0.25, 0.3) is 0 Å². The molecule has 0 N–H and O–H groups in total. The highest BCUT2D eigenvalue weighted by molar-refractivity contribution is 5.53. The van der Waals surface area contributed by atoms with E-state index in [-0.39, 0.29) is 11.7 Å². The van der Waals surface area contributed by atoms with Crippen LogP contribution in [0.3, 0.4) is 0 Å². The van der Waals surface area contributed by atoms with Gasteiger partial charge in [-0.15, -0.1) is 0 Å². The van der Waals surface area contributed by atoms with Crippen LogP contribution in [0.2, 0.25) is 0 Å². The molecule has 5 heteroatoms. The van der Waals surface area contributed by atoms with Crippen molar-refractivity contribution in [2.45, 2.75) is 31.5 Å². The van der Waals surface area contributed by atoms with Crippen molar-refractivity contribution in [2.24, 2.45) is 5.92 Å². The fourth-order valence-corrected chi connectivity index (χ4v) is 3.26. The van der Waals surface area contributed by atoms with Crippen LogP contribution < -0.4 is 0 Å². The van der Waals surface area contributed by atoms with Gasteiger partial charge in [0.05, 0.1) is 13.2 Å². The first kappa shape index (κ1) is 12.5. The Kier molecular flexibility index (Phi) is 3.66. The molecule has 0 radical (unpaired) electrons. The number of carbonyl (C=O) groups excluding carboxylic acids is 1. The lowest BCUT2D eigenvalue weighted by Crippen LogP contribution is -2.54. The van der Waals surface area contributed by atoms with Gasteiger partial charge < -0.3 is 14.3 Å². The van der Waals surface area contributed by atoms with Gasteiger partial charge in [-0.05, 0) is 12.8 Å². The summed E-state index contributed by atoms with van der Waals surface area (Å²) >= 11 is 0. The van der Waals surface area contributed by atoms with E-state index >= 15 is 0 Å². The van der Waals surface area contributed by atoms with Crippen LogP contribution in [-0.2, 0) is 14.3 Å². The average molecular weight is 254 g/mol. The van der Waals surface area contributed by atoms with Crippen molar-refractivity contribution in [3.05, 3.63) is 0 Å². The van der Waals surface area contributed by atoms with Crippen LogP contribution in [-0.4, -0.2) is 61.5 Å². The Bertz CT molecular complexity index is 295. The summed E-state index contributed by atoms with van der Waals surface area (Å²) < 4.78 is 11.5. The fourth-order valence-electron chi connectivity index (χ4n) is 3.26. The standard InChI is InChI=1S/C13H22N2O3/c16-11-12-2-1-5-15(10-12)14-6-3-13(4-7-14)17-8-9-18-13/h11-12H,1-10H2. The minimum absolute atomic E-state index is 0.216. The quantitative estimate of drug-likeness (QED) is 0.677. The molecule has 0 saturated carbocycles. The van der Waals surface area contributed by atoms with Gasteiger partial charge in [-0.3, -0.25) is 0 Å². The summed E-state index contributed by atoms with van der Waals surface area (Å²) in [6.07, 6.45) is 5.16. The molecule has 3 fully saturated rings. The number of nitrogens with zero attached hydrogens (tertiary/aromatic N) is 2. The van der Waals surface area contributed by atoms with E-state index in [4.69, 9.17) is 9.47 Å². The zero-order chi connectivity index (χ0) is 12.4. The van der Waals surface area contributed by atoms with Crippen molar-refractivity contribution >= 4 is 6.29 Å². The summed E-state index contributed by atoms with van der Waals surface area (Å²) in [7, 11) is 0. The van der Waals surface area contributed by atoms with Crippen molar-refractivity contribution in [1.82, 2.24) is 10.0 Å². The van der Waals surface area contributed by atoms with Gasteiger partial charge in [-0.1, -0.05) is 0 Å². The third-order valence-electron chi connectivity index (χ3n) is 4.34. The lowest BCUT2D eigenvalue weighted by Gasteiger charge is -2.45. The Morgan fingerprint density at radius 3 is 2.44 bits per heavy atom. The van der Waals surface area contributed by atoms with Crippen molar-refractivity contribution in [2.75, 3.05) is 39.4 Å². The molecule has 5 nitrogen and oxygen atoms in total. The van der Waals surface area contributed by atoms with Crippen molar-refractivity contribution < 1.29 is 14.3 Å². The van der Waals surface area contributed by atoms with Crippen LogP contribution in [0.1, 0.15) is 25.7 Å². The van der Waals surface area contributed by atoms with Gasteiger partial charge in [-0.2, -0.15) is 0 Å². The zero-order valence-corrected chi connectivity index (χ0v) is 10.8. The minimum Gasteiger partial charge on any atom is -0.347 e. The van der Waals surface area contributed by atoms with Crippen LogP contribution in [0.15, 0.2) is 0 Å². The number of rotatable bonds is 2. The van der Waals surface area contributed by atoms with Crippen LogP contribution in [0.4, 0.5) is 0 Å². The van der Waals surface area contributed by atoms with Crippen LogP contribution >= 0.6 is 0 Å². The summed E-state index contributed by atoms with van der Waals surface area (Å²) in [6.45, 7) is 5.39. The van der Waals surface area contributed by atoms with E-state index < -0.39 is 0 Å². The molecule has 1 spiro atoms. The molecular formula is C13H22N2O3. The molecule has 1 atom stereocenters. The molecule has 102 valence electrons. The third-order valence-corrected chi connectivity index (χ3v) is 4.34. The summed E-state index contributed by atoms with van der Waals surface area (Å²) in [5.74, 6) is -0.0790. The largest absolute Gasteiger partial charge is 0.347 e. The van der Waals surface area contributed by atoms with Gasteiger partial charge in [0.1, 0.15) is 6.29 Å². The van der Waals surface area contributed by atoms with Crippen molar-refractivity contribution in [3.63, 3.8) is 0 Å². The second-order valence-electron chi connectivity index (χ2n) is 5.51. The Morgan fingerprint density at radius 1 is 1.06 bits per heavy atom. The molecule has 0 aliphatic carbocycles. The number of piperidine rings is 2. The molecule has 0 amide bonds. The highest BCUT2D eigenvalue weighted by Crippen LogP contribution is 2.32. The summed E-state index contributed by atoms with van der Waals surface area (Å²) in [5, 5.41) is 4.73. The Morgan fingerprint density at radius 2 is 1.78 bits per heavy atom. The van der Waals surface area contributed by atoms with Crippen LogP contribution in [0.5, 0.6) is 0 Å². The van der Waals surface area contributed by atoms with Gasteiger partial charge in [0.25, 0.3) is 0 Å². The molecule has 0 bridgehead atoms. The first-order valence-corrected chi connectivity index (χ1v) is 7.04. The first-order valence-electron chi connectivity index (χ1n) is 7.04. The maximum atomic E-state index is 10.9. The van der Waals surface area contributed by atoms with Gasteiger partial charge in [0.2, 0.25) is 0 Å². The number of hydrazine groups is 1. The SMILES string of the molecule is O=CC1CCCN(N2CCC3(CC2)OCCO3)C1. The van der Waals surface area contributed by atoms with Crippen LogP contribution in [0, 0.1) is 5.92 Å². The molecule has 0 aromatic rings. The summed E-state index contributed by atoms with van der Waals surface area (Å²) in [4.78, 5) is 10.9. The van der Waals surface area contributed by atoms with E-state index in [0.29, 0.717) is 0 Å². The minimum atomic E-state index is -0.295. The Balaban J connectivity index is 1.54. The zero-order valence-electron chi connectivity index (χ0n) is 10.8. The highest BCUT2D eigenvalue weighted by atomic mass is 16.7. The monoisotopic (exact) mass is 254 g/mol.